The maximum Gasteiger partial charge on any atom is 0.445 e. The minimum absolute atomic E-state index is 0.0191. The van der Waals surface area contributed by atoms with Gasteiger partial charge in [-0.05, 0) is 50.8 Å². The van der Waals surface area contributed by atoms with Crippen molar-refractivity contribution < 1.29 is 30.0 Å². The van der Waals surface area contributed by atoms with E-state index in [0.717, 1.165) is 0 Å². The van der Waals surface area contributed by atoms with Gasteiger partial charge in [-0.1, -0.05) is 17.4 Å². The fourth-order valence-electron chi connectivity index (χ4n) is 4.48. The first-order valence-electron chi connectivity index (χ1n) is 12.1. The molecule has 5 rings (SSSR count). The molecule has 0 atom stereocenters. The summed E-state index contributed by atoms with van der Waals surface area (Å²) >= 11 is 0.286. The van der Waals surface area contributed by atoms with Gasteiger partial charge in [-0.25, -0.2) is 16.8 Å². The van der Waals surface area contributed by atoms with E-state index < -0.39 is 42.0 Å². The zero-order valence-corrected chi connectivity index (χ0v) is 24.0. The Morgan fingerprint density at radius 3 is 2.40 bits per heavy atom. The molecule has 0 saturated heterocycles. The number of benzene rings is 1. The fraction of sp³-hybridized carbons (Fsp3) is 0.478. The topological polar surface area (TPSA) is 151 Å². The summed E-state index contributed by atoms with van der Waals surface area (Å²) in [7, 11) is -6.17. The number of aryl methyl sites for hydroxylation is 1. The molecule has 0 spiro atoms. The molecule has 1 saturated carbocycles. The largest absolute Gasteiger partial charge is 0.445 e. The van der Waals surface area contributed by atoms with Crippen molar-refractivity contribution in [1.82, 2.24) is 29.0 Å². The van der Waals surface area contributed by atoms with Crippen molar-refractivity contribution in [3.63, 3.8) is 0 Å². The summed E-state index contributed by atoms with van der Waals surface area (Å²) in [5, 5.41) is 19.0. The predicted octanol–water partition coefficient (Wildman–Crippen LogP) is 3.27. The quantitative estimate of drug-likeness (QED) is 0.425. The predicted molar refractivity (Wildman–Crippen MR) is 141 cm³/mol. The molecule has 2 aromatic heterocycles. The van der Waals surface area contributed by atoms with Gasteiger partial charge < -0.3 is 0 Å². The molecule has 11 nitrogen and oxygen atoms in total. The molecule has 1 aliphatic carbocycles. The Bertz CT molecular complexity index is 1800. The monoisotopic (exact) mass is 615 g/mol. The molecule has 1 fully saturated rings. The molecule has 214 valence electrons. The maximum absolute atomic E-state index is 13.4. The van der Waals surface area contributed by atoms with Crippen molar-refractivity contribution in [1.29, 1.82) is 5.26 Å². The summed E-state index contributed by atoms with van der Waals surface area (Å²) in [5.41, 5.74) is 0.336. The molecule has 0 amide bonds. The molecular formula is C23H24F3N7O4S3. The van der Waals surface area contributed by atoms with Gasteiger partial charge in [0.15, 0.2) is 5.01 Å². The highest BCUT2D eigenvalue weighted by atomic mass is 32.2. The second-order valence-electron chi connectivity index (χ2n) is 9.98. The number of nitrogens with zero attached hydrogens (tertiary/aromatic N) is 6. The third kappa shape index (κ3) is 5.02. The number of nitriles is 1. The number of fused-ring (bicyclic) bond motifs is 1. The second-order valence-corrected chi connectivity index (χ2v) is 15.1. The average molecular weight is 616 g/mol. The average Bonchev–Trinajstić information content (AvgIpc) is 3.30. The van der Waals surface area contributed by atoms with Crippen LogP contribution in [0.3, 0.4) is 0 Å². The van der Waals surface area contributed by atoms with Crippen molar-refractivity contribution in [2.24, 2.45) is 7.05 Å². The molecule has 1 N–H and O–H groups in total. The lowest BCUT2D eigenvalue weighted by atomic mass is 9.97. The summed E-state index contributed by atoms with van der Waals surface area (Å²) in [6.07, 6.45) is -2.05. The Balaban J connectivity index is 1.68. The van der Waals surface area contributed by atoms with Crippen LogP contribution < -0.4 is 4.72 Å². The van der Waals surface area contributed by atoms with E-state index in [1.807, 2.05) is 6.07 Å². The number of rotatable bonds is 7. The SMILES string of the molecule is CC(C)S(=O)(=O)N1CC=C(c2cc(S(=O)(=O)NC3(C#N)CC3)cc3c(-c4nnc(C(F)(F)F)s4)nn(C)c23)CC1. The van der Waals surface area contributed by atoms with Gasteiger partial charge in [-0.15, -0.1) is 10.2 Å². The highest BCUT2D eigenvalue weighted by Gasteiger charge is 2.47. The van der Waals surface area contributed by atoms with Crippen LogP contribution in [0.2, 0.25) is 0 Å². The number of hydrogen-bond acceptors (Lipinski definition) is 9. The summed E-state index contributed by atoms with van der Waals surface area (Å²) < 4.78 is 97.0. The van der Waals surface area contributed by atoms with Gasteiger partial charge in [-0.3, -0.25) is 4.68 Å². The first-order chi connectivity index (χ1) is 18.6. The van der Waals surface area contributed by atoms with Crippen LogP contribution in [0.1, 0.15) is 43.7 Å². The van der Waals surface area contributed by atoms with E-state index in [1.54, 1.807) is 27.0 Å². The smallest absolute Gasteiger partial charge is 0.267 e. The van der Waals surface area contributed by atoms with E-state index in [0.29, 0.717) is 29.5 Å². The van der Waals surface area contributed by atoms with Gasteiger partial charge >= 0.3 is 6.18 Å². The lowest BCUT2D eigenvalue weighted by molar-refractivity contribution is -0.138. The zero-order chi connectivity index (χ0) is 29.3. The molecule has 3 aromatic rings. The summed E-state index contributed by atoms with van der Waals surface area (Å²) in [6, 6.07) is 4.69. The lowest BCUT2D eigenvalue weighted by Crippen LogP contribution is -2.39. The molecule has 0 bridgehead atoms. The number of sulfonamides is 2. The number of hydrogen-bond donors (Lipinski definition) is 1. The van der Waals surface area contributed by atoms with Gasteiger partial charge in [0.2, 0.25) is 25.1 Å². The van der Waals surface area contributed by atoms with Crippen molar-refractivity contribution in [2.45, 2.75) is 55.0 Å². The Hall–Kier alpha value is -2.91. The molecule has 0 unspecified atom stereocenters. The highest BCUT2D eigenvalue weighted by molar-refractivity contribution is 7.89. The first kappa shape index (κ1) is 28.6. The third-order valence-electron chi connectivity index (χ3n) is 6.86. The van der Waals surface area contributed by atoms with Gasteiger partial charge in [0, 0.05) is 31.1 Å². The minimum Gasteiger partial charge on any atom is -0.267 e. The Morgan fingerprint density at radius 2 is 1.88 bits per heavy atom. The van der Waals surface area contributed by atoms with Crippen LogP contribution in [0.4, 0.5) is 13.2 Å². The Morgan fingerprint density at radius 1 is 1.18 bits per heavy atom. The van der Waals surface area contributed by atoms with Crippen LogP contribution in [0, 0.1) is 11.3 Å². The number of halogens is 3. The van der Waals surface area contributed by atoms with Crippen molar-refractivity contribution in [3.8, 4) is 16.8 Å². The molecule has 1 aliphatic heterocycles. The van der Waals surface area contributed by atoms with Crippen molar-refractivity contribution in [3.05, 3.63) is 28.8 Å². The second kappa shape index (κ2) is 9.58. The zero-order valence-electron chi connectivity index (χ0n) is 21.5. The van der Waals surface area contributed by atoms with E-state index in [2.05, 4.69) is 20.0 Å². The van der Waals surface area contributed by atoms with E-state index in [4.69, 9.17) is 0 Å². The molecule has 1 aromatic carbocycles. The van der Waals surface area contributed by atoms with Crippen LogP contribution in [0.15, 0.2) is 23.1 Å². The van der Waals surface area contributed by atoms with Gasteiger partial charge in [-0.2, -0.15) is 32.6 Å². The highest BCUT2D eigenvalue weighted by Crippen LogP contribution is 2.41. The standard InChI is InChI=1S/C23H24F3N7O4S3/c1-13(2)40(36,37)33-8-4-14(5-9-33)16-10-15(39(34,35)31-22(12-27)6-7-22)11-17-18(30-32(3)19(16)17)20-28-29-21(38-20)23(24,25)26/h4,10-11,13,31H,5-9H2,1-3H3. The van der Waals surface area contributed by atoms with E-state index in [9.17, 15) is 35.3 Å². The van der Waals surface area contributed by atoms with Crippen LogP contribution in [-0.2, 0) is 33.3 Å². The van der Waals surface area contributed by atoms with Crippen LogP contribution in [0.25, 0.3) is 27.2 Å². The third-order valence-corrected chi connectivity index (χ3v) is 11.6. The van der Waals surface area contributed by atoms with Crippen LogP contribution in [-0.4, -0.2) is 65.0 Å². The van der Waals surface area contributed by atoms with Gasteiger partial charge in [0.05, 0.1) is 21.7 Å². The lowest BCUT2D eigenvalue weighted by Gasteiger charge is -2.28. The normalized spacial score (nSPS) is 18.2. The van der Waals surface area contributed by atoms with Crippen LogP contribution >= 0.6 is 11.3 Å². The molecule has 2 aliphatic rings. The molecular weight excluding hydrogens is 591 g/mol. The summed E-state index contributed by atoms with van der Waals surface area (Å²) in [6.45, 7) is 3.40. The minimum atomic E-state index is -4.71. The maximum atomic E-state index is 13.4. The summed E-state index contributed by atoms with van der Waals surface area (Å²) in [4.78, 5) is -0.204. The molecule has 17 heteroatoms. The molecule has 3 heterocycles. The van der Waals surface area contributed by atoms with Crippen molar-refractivity contribution >= 4 is 47.9 Å². The van der Waals surface area contributed by atoms with Crippen molar-refractivity contribution in [2.75, 3.05) is 13.1 Å². The number of aromatic nitrogens is 4. The van der Waals surface area contributed by atoms with E-state index in [-0.39, 0.29) is 51.8 Å². The van der Waals surface area contributed by atoms with E-state index in [1.165, 1.54) is 21.1 Å². The molecule has 40 heavy (non-hydrogen) atoms. The Kier molecular flexibility index (Phi) is 6.86. The fourth-order valence-corrected chi connectivity index (χ4v) is 7.85. The molecule has 0 radical (unpaired) electrons. The van der Waals surface area contributed by atoms with Crippen LogP contribution in [0.5, 0.6) is 0 Å². The van der Waals surface area contributed by atoms with Gasteiger partial charge in [0.25, 0.3) is 0 Å². The van der Waals surface area contributed by atoms with Gasteiger partial charge in [0.1, 0.15) is 11.2 Å². The first-order valence-corrected chi connectivity index (χ1v) is 15.9. The summed E-state index contributed by atoms with van der Waals surface area (Å²) in [5.74, 6) is 0. The number of alkyl halides is 3. The van der Waals surface area contributed by atoms with E-state index >= 15 is 0 Å². The Labute approximate surface area is 232 Å². The number of nitrogens with one attached hydrogen (secondary N) is 1.